The predicted molar refractivity (Wildman–Crippen MR) is 70.7 cm³/mol. The molecule has 124 valence electrons. The number of sulfonamides is 1. The molecule has 0 unspecified atom stereocenters. The van der Waals surface area contributed by atoms with Crippen molar-refractivity contribution >= 4 is 16.0 Å². The van der Waals surface area contributed by atoms with Crippen molar-refractivity contribution < 1.29 is 31.5 Å². The minimum absolute atomic E-state index is 0.0395. The molecule has 23 heavy (non-hydrogen) atoms. The van der Waals surface area contributed by atoms with Gasteiger partial charge in [0.05, 0.1) is 22.1 Å². The van der Waals surface area contributed by atoms with Crippen LogP contribution in [0, 0.1) is 11.3 Å². The lowest BCUT2D eigenvalue weighted by Crippen LogP contribution is -2.40. The maximum atomic E-state index is 12.7. The van der Waals surface area contributed by atoms with Crippen LogP contribution in [0.15, 0.2) is 23.1 Å². The highest BCUT2D eigenvalue weighted by Gasteiger charge is 2.40. The van der Waals surface area contributed by atoms with E-state index in [0.717, 1.165) is 10.4 Å². The summed E-state index contributed by atoms with van der Waals surface area (Å²) in [7, 11) is -4.29. The minimum Gasteiger partial charge on any atom is -0.480 e. The molecule has 1 atom stereocenters. The molecule has 0 saturated carbocycles. The molecule has 0 bridgehead atoms. The van der Waals surface area contributed by atoms with E-state index < -0.39 is 44.2 Å². The fourth-order valence-corrected chi connectivity index (χ4v) is 4.11. The Kier molecular flexibility index (Phi) is 4.37. The maximum absolute atomic E-state index is 12.7. The number of nitriles is 1. The number of carboxylic acid groups (broad SMARTS) is 1. The first-order valence-corrected chi connectivity index (χ1v) is 7.89. The third-order valence-corrected chi connectivity index (χ3v) is 5.42. The Morgan fingerprint density at radius 1 is 1.39 bits per heavy atom. The van der Waals surface area contributed by atoms with Gasteiger partial charge in [-0.15, -0.1) is 0 Å². The number of halogens is 3. The van der Waals surface area contributed by atoms with Crippen molar-refractivity contribution in [3.63, 3.8) is 0 Å². The van der Waals surface area contributed by atoms with Crippen molar-refractivity contribution in [2.45, 2.75) is 30.0 Å². The van der Waals surface area contributed by atoms with E-state index in [1.807, 2.05) is 0 Å². The SMILES string of the molecule is N#Cc1cc(S(=O)(=O)N2CCC[C@H]2C(=O)O)ccc1C(F)(F)F. The smallest absolute Gasteiger partial charge is 0.417 e. The van der Waals surface area contributed by atoms with Crippen molar-refractivity contribution in [1.29, 1.82) is 5.26 Å². The molecule has 0 radical (unpaired) electrons. The monoisotopic (exact) mass is 348 g/mol. The van der Waals surface area contributed by atoms with E-state index in [1.54, 1.807) is 0 Å². The fourth-order valence-electron chi connectivity index (χ4n) is 2.43. The van der Waals surface area contributed by atoms with Crippen LogP contribution in [-0.4, -0.2) is 36.4 Å². The summed E-state index contributed by atoms with van der Waals surface area (Å²) in [6.07, 6.45) is -4.33. The Balaban J connectivity index is 2.50. The van der Waals surface area contributed by atoms with Crippen LogP contribution in [-0.2, 0) is 21.0 Å². The van der Waals surface area contributed by atoms with Gasteiger partial charge in [-0.2, -0.15) is 22.7 Å². The van der Waals surface area contributed by atoms with Crippen LogP contribution in [0.25, 0.3) is 0 Å². The minimum atomic E-state index is -4.79. The zero-order chi connectivity index (χ0) is 17.4. The Morgan fingerprint density at radius 2 is 2.04 bits per heavy atom. The second kappa shape index (κ2) is 5.82. The van der Waals surface area contributed by atoms with Crippen LogP contribution < -0.4 is 0 Å². The first-order chi connectivity index (χ1) is 10.6. The third-order valence-electron chi connectivity index (χ3n) is 3.51. The lowest BCUT2D eigenvalue weighted by molar-refractivity contribution is -0.140. The van der Waals surface area contributed by atoms with Gasteiger partial charge in [0.15, 0.2) is 0 Å². The number of aliphatic carboxylic acids is 1. The van der Waals surface area contributed by atoms with E-state index in [4.69, 9.17) is 10.4 Å². The van der Waals surface area contributed by atoms with Crippen LogP contribution >= 0.6 is 0 Å². The number of carboxylic acids is 1. The van der Waals surface area contributed by atoms with Gasteiger partial charge in [0.1, 0.15) is 6.04 Å². The van der Waals surface area contributed by atoms with Gasteiger partial charge in [0.2, 0.25) is 10.0 Å². The second-order valence-corrected chi connectivity index (χ2v) is 6.82. The van der Waals surface area contributed by atoms with Crippen molar-refractivity contribution in [1.82, 2.24) is 4.31 Å². The fraction of sp³-hybridized carbons (Fsp3) is 0.385. The van der Waals surface area contributed by atoms with E-state index >= 15 is 0 Å². The second-order valence-electron chi connectivity index (χ2n) is 4.93. The van der Waals surface area contributed by atoms with E-state index in [2.05, 4.69) is 0 Å². The average molecular weight is 348 g/mol. The van der Waals surface area contributed by atoms with Gasteiger partial charge in [0.25, 0.3) is 0 Å². The number of hydrogen-bond acceptors (Lipinski definition) is 4. The molecule has 10 heteroatoms. The molecule has 1 saturated heterocycles. The summed E-state index contributed by atoms with van der Waals surface area (Å²) in [5, 5.41) is 17.9. The lowest BCUT2D eigenvalue weighted by atomic mass is 10.1. The predicted octanol–water partition coefficient (Wildman–Crippen LogP) is 1.81. The Bertz CT molecular complexity index is 783. The largest absolute Gasteiger partial charge is 0.480 e. The summed E-state index contributed by atoms with van der Waals surface area (Å²) >= 11 is 0. The van der Waals surface area contributed by atoms with Gasteiger partial charge < -0.3 is 5.11 Å². The number of nitrogens with zero attached hydrogens (tertiary/aromatic N) is 2. The van der Waals surface area contributed by atoms with Gasteiger partial charge in [-0.05, 0) is 31.0 Å². The average Bonchev–Trinajstić information content (AvgIpc) is 2.96. The first kappa shape index (κ1) is 17.2. The standard InChI is InChI=1S/C13H11F3N2O4S/c14-13(15,16)10-4-3-9(6-8(10)7-17)23(21,22)18-5-1-2-11(18)12(19)20/h3-4,6,11H,1-2,5H2,(H,19,20)/t11-/m0/s1. The molecule has 0 amide bonds. The lowest BCUT2D eigenvalue weighted by Gasteiger charge is -2.21. The molecule has 1 aliphatic rings. The summed E-state index contributed by atoms with van der Waals surface area (Å²) in [4.78, 5) is 10.6. The van der Waals surface area contributed by atoms with Crippen molar-refractivity contribution in [2.24, 2.45) is 0 Å². The summed E-state index contributed by atoms with van der Waals surface area (Å²) in [6, 6.07) is 1.93. The molecule has 1 aliphatic heterocycles. The highest BCUT2D eigenvalue weighted by molar-refractivity contribution is 7.89. The van der Waals surface area contributed by atoms with Crippen molar-refractivity contribution in [3.8, 4) is 6.07 Å². The molecule has 1 aromatic rings. The van der Waals surface area contributed by atoms with E-state index in [-0.39, 0.29) is 13.0 Å². The topological polar surface area (TPSA) is 98.5 Å². The number of benzene rings is 1. The van der Waals surface area contributed by atoms with Crippen LogP contribution in [0.4, 0.5) is 13.2 Å². The van der Waals surface area contributed by atoms with Crippen LogP contribution in [0.1, 0.15) is 24.0 Å². The first-order valence-electron chi connectivity index (χ1n) is 6.45. The highest BCUT2D eigenvalue weighted by atomic mass is 32.2. The van der Waals surface area contributed by atoms with Crippen molar-refractivity contribution in [3.05, 3.63) is 29.3 Å². The molecule has 1 heterocycles. The number of rotatable bonds is 3. The van der Waals surface area contributed by atoms with Crippen molar-refractivity contribution in [2.75, 3.05) is 6.54 Å². The summed E-state index contributed by atoms with van der Waals surface area (Å²) in [5.74, 6) is -1.32. The number of alkyl halides is 3. The molecule has 0 spiro atoms. The quantitative estimate of drug-likeness (QED) is 0.898. The zero-order valence-corrected chi connectivity index (χ0v) is 12.4. The molecular weight excluding hydrogens is 337 g/mol. The third kappa shape index (κ3) is 3.16. The van der Waals surface area contributed by atoms with Gasteiger partial charge in [-0.3, -0.25) is 4.79 Å². The molecular formula is C13H11F3N2O4S. The Hall–Kier alpha value is -2.12. The highest BCUT2D eigenvalue weighted by Crippen LogP contribution is 2.34. The zero-order valence-electron chi connectivity index (χ0n) is 11.5. The van der Waals surface area contributed by atoms with Gasteiger partial charge in [-0.25, -0.2) is 8.42 Å². The van der Waals surface area contributed by atoms with E-state index in [1.165, 1.54) is 6.07 Å². The maximum Gasteiger partial charge on any atom is 0.417 e. The summed E-state index contributed by atoms with van der Waals surface area (Å²) in [5.41, 5.74) is -2.07. The summed E-state index contributed by atoms with van der Waals surface area (Å²) < 4.78 is 63.9. The Morgan fingerprint density at radius 3 is 2.57 bits per heavy atom. The molecule has 0 aliphatic carbocycles. The van der Waals surface area contributed by atoms with Crippen LogP contribution in [0.3, 0.4) is 0 Å². The van der Waals surface area contributed by atoms with E-state index in [0.29, 0.717) is 18.6 Å². The van der Waals surface area contributed by atoms with Gasteiger partial charge >= 0.3 is 12.1 Å². The van der Waals surface area contributed by atoms with E-state index in [9.17, 15) is 26.4 Å². The molecule has 2 rings (SSSR count). The molecule has 1 N–H and O–H groups in total. The normalized spacial score (nSPS) is 19.5. The van der Waals surface area contributed by atoms with Gasteiger partial charge in [-0.1, -0.05) is 0 Å². The summed E-state index contributed by atoms with van der Waals surface area (Å²) in [6.45, 7) is -0.0395. The molecule has 1 aromatic carbocycles. The molecule has 1 fully saturated rings. The Labute approximate surface area is 129 Å². The number of carbonyl (C=O) groups is 1. The number of hydrogen-bond donors (Lipinski definition) is 1. The molecule has 0 aromatic heterocycles. The van der Waals surface area contributed by atoms with Crippen LogP contribution in [0.5, 0.6) is 0 Å². The molecule has 6 nitrogen and oxygen atoms in total. The van der Waals surface area contributed by atoms with Gasteiger partial charge in [0, 0.05) is 6.54 Å². The van der Waals surface area contributed by atoms with Crippen LogP contribution in [0.2, 0.25) is 0 Å².